The largest absolute Gasteiger partial charge is 0.326 e. The molecule has 0 aromatic heterocycles. The lowest BCUT2D eigenvalue weighted by Crippen LogP contribution is -2.37. The molecule has 19 heavy (non-hydrogen) atoms. The minimum absolute atomic E-state index is 0.0366. The van der Waals surface area contributed by atoms with E-state index in [1.807, 2.05) is 0 Å². The van der Waals surface area contributed by atoms with Crippen molar-refractivity contribution in [2.45, 2.75) is 31.3 Å². The lowest BCUT2D eigenvalue weighted by molar-refractivity contribution is 0.382. The molecule has 106 valence electrons. The summed E-state index contributed by atoms with van der Waals surface area (Å²) in [5, 5.41) is 0. The molecule has 2 N–H and O–H groups in total. The molecule has 0 fully saturated rings. The van der Waals surface area contributed by atoms with Crippen molar-refractivity contribution in [3.63, 3.8) is 0 Å². The number of nitrogens with zero attached hydrogens (tertiary/aromatic N) is 1. The van der Waals surface area contributed by atoms with Crippen molar-refractivity contribution in [1.29, 1.82) is 0 Å². The van der Waals surface area contributed by atoms with Crippen LogP contribution in [-0.2, 0) is 16.6 Å². The van der Waals surface area contributed by atoms with E-state index < -0.39 is 15.8 Å². The van der Waals surface area contributed by atoms with Gasteiger partial charge in [-0.05, 0) is 31.5 Å². The minimum Gasteiger partial charge on any atom is -0.326 e. The Balaban J connectivity index is 3.40. The first-order valence-corrected chi connectivity index (χ1v) is 7.39. The van der Waals surface area contributed by atoms with E-state index in [2.05, 4.69) is 6.58 Å². The van der Waals surface area contributed by atoms with Crippen LogP contribution in [-0.4, -0.2) is 25.3 Å². The van der Waals surface area contributed by atoms with Gasteiger partial charge in [-0.3, -0.25) is 0 Å². The van der Waals surface area contributed by atoms with E-state index in [1.54, 1.807) is 13.8 Å². The second-order valence-electron chi connectivity index (χ2n) is 4.41. The monoisotopic (exact) mass is 286 g/mol. The van der Waals surface area contributed by atoms with E-state index in [1.165, 1.54) is 22.5 Å². The maximum Gasteiger partial charge on any atom is 0.244 e. The van der Waals surface area contributed by atoms with Gasteiger partial charge in [0.2, 0.25) is 10.0 Å². The van der Waals surface area contributed by atoms with Gasteiger partial charge < -0.3 is 5.73 Å². The maximum atomic E-state index is 13.3. The molecule has 0 bridgehead atoms. The van der Waals surface area contributed by atoms with Gasteiger partial charge in [0.1, 0.15) is 5.82 Å². The van der Waals surface area contributed by atoms with Gasteiger partial charge in [0.05, 0.1) is 4.90 Å². The van der Waals surface area contributed by atoms with Crippen LogP contribution >= 0.6 is 0 Å². The van der Waals surface area contributed by atoms with Crippen molar-refractivity contribution >= 4 is 10.0 Å². The van der Waals surface area contributed by atoms with Crippen LogP contribution in [0, 0.1) is 5.82 Å². The Kier molecular flexibility index (Phi) is 5.22. The summed E-state index contributed by atoms with van der Waals surface area (Å²) in [4.78, 5) is -0.0782. The highest BCUT2D eigenvalue weighted by atomic mass is 32.2. The standard InChI is InChI=1S/C13H19FN2O2S/c1-4-7-16(10(2)3)19(17,18)13-8-12(14)6-5-11(13)9-15/h4-6,8,10H,1,7,9,15H2,2-3H3. The third-order valence-corrected chi connectivity index (χ3v) is 4.84. The Bertz CT molecular complexity index is 556. The molecular formula is C13H19FN2O2S. The Morgan fingerprint density at radius 1 is 1.47 bits per heavy atom. The van der Waals surface area contributed by atoms with E-state index in [0.717, 1.165) is 6.07 Å². The summed E-state index contributed by atoms with van der Waals surface area (Å²) in [5.74, 6) is -0.599. The molecule has 1 rings (SSSR count). The van der Waals surface area contributed by atoms with Crippen LogP contribution in [0.3, 0.4) is 0 Å². The summed E-state index contributed by atoms with van der Waals surface area (Å²) in [6.07, 6.45) is 1.50. The zero-order valence-corrected chi connectivity index (χ0v) is 12.0. The Hall–Kier alpha value is -1.24. The molecule has 0 saturated heterocycles. The van der Waals surface area contributed by atoms with E-state index in [4.69, 9.17) is 5.73 Å². The Morgan fingerprint density at radius 3 is 2.58 bits per heavy atom. The fraction of sp³-hybridized carbons (Fsp3) is 0.385. The van der Waals surface area contributed by atoms with Crippen molar-refractivity contribution in [3.05, 3.63) is 42.2 Å². The second kappa shape index (κ2) is 6.27. The molecule has 0 atom stereocenters. The normalized spacial score (nSPS) is 12.1. The highest BCUT2D eigenvalue weighted by Crippen LogP contribution is 2.23. The summed E-state index contributed by atoms with van der Waals surface area (Å²) in [6, 6.07) is 3.36. The molecule has 0 spiro atoms. The molecule has 1 aromatic carbocycles. The maximum absolute atomic E-state index is 13.3. The van der Waals surface area contributed by atoms with Gasteiger partial charge >= 0.3 is 0 Å². The van der Waals surface area contributed by atoms with Gasteiger partial charge in [0, 0.05) is 19.1 Å². The fourth-order valence-corrected chi connectivity index (χ4v) is 3.63. The van der Waals surface area contributed by atoms with Gasteiger partial charge in [-0.15, -0.1) is 6.58 Å². The number of rotatable bonds is 6. The van der Waals surface area contributed by atoms with E-state index in [0.29, 0.717) is 5.56 Å². The molecule has 0 aliphatic carbocycles. The lowest BCUT2D eigenvalue weighted by atomic mass is 10.2. The smallest absolute Gasteiger partial charge is 0.244 e. The third kappa shape index (κ3) is 3.40. The van der Waals surface area contributed by atoms with Crippen molar-refractivity contribution in [1.82, 2.24) is 4.31 Å². The molecule has 0 aliphatic rings. The van der Waals surface area contributed by atoms with Gasteiger partial charge in [0.15, 0.2) is 0 Å². The minimum atomic E-state index is -3.79. The number of hydrogen-bond donors (Lipinski definition) is 1. The number of nitrogens with two attached hydrogens (primary N) is 1. The highest BCUT2D eigenvalue weighted by molar-refractivity contribution is 7.89. The number of hydrogen-bond acceptors (Lipinski definition) is 3. The zero-order valence-electron chi connectivity index (χ0n) is 11.1. The van der Waals surface area contributed by atoms with Gasteiger partial charge in [-0.25, -0.2) is 12.8 Å². The molecule has 0 amide bonds. The fourth-order valence-electron chi connectivity index (χ4n) is 1.78. The van der Waals surface area contributed by atoms with Gasteiger partial charge in [-0.1, -0.05) is 12.1 Å². The average Bonchev–Trinajstić information content (AvgIpc) is 2.35. The third-order valence-electron chi connectivity index (χ3n) is 2.72. The highest BCUT2D eigenvalue weighted by Gasteiger charge is 2.28. The van der Waals surface area contributed by atoms with Gasteiger partial charge in [0.25, 0.3) is 0 Å². The summed E-state index contributed by atoms with van der Waals surface area (Å²) >= 11 is 0. The van der Waals surface area contributed by atoms with Crippen LogP contribution in [0.2, 0.25) is 0 Å². The molecule has 6 heteroatoms. The van der Waals surface area contributed by atoms with Crippen molar-refractivity contribution in [2.75, 3.05) is 6.54 Å². The van der Waals surface area contributed by atoms with Crippen LogP contribution in [0.5, 0.6) is 0 Å². The molecule has 0 saturated carbocycles. The topological polar surface area (TPSA) is 63.4 Å². The van der Waals surface area contributed by atoms with Crippen LogP contribution in [0.1, 0.15) is 19.4 Å². The SMILES string of the molecule is C=CCN(C(C)C)S(=O)(=O)c1cc(F)ccc1CN. The molecule has 0 radical (unpaired) electrons. The number of benzene rings is 1. The van der Waals surface area contributed by atoms with Crippen LogP contribution in [0.25, 0.3) is 0 Å². The van der Waals surface area contributed by atoms with Crippen molar-refractivity contribution in [3.8, 4) is 0 Å². The Labute approximate surface area is 113 Å². The van der Waals surface area contributed by atoms with E-state index in [-0.39, 0.29) is 24.0 Å². The first-order chi connectivity index (χ1) is 8.84. The molecule has 4 nitrogen and oxygen atoms in total. The first-order valence-electron chi connectivity index (χ1n) is 5.95. The molecular weight excluding hydrogens is 267 g/mol. The number of sulfonamides is 1. The first kappa shape index (κ1) is 15.8. The molecule has 0 heterocycles. The predicted molar refractivity (Wildman–Crippen MR) is 73.5 cm³/mol. The zero-order chi connectivity index (χ0) is 14.6. The van der Waals surface area contributed by atoms with Crippen molar-refractivity contribution < 1.29 is 12.8 Å². The Morgan fingerprint density at radius 2 is 2.11 bits per heavy atom. The summed E-state index contributed by atoms with van der Waals surface area (Å²) in [6.45, 7) is 7.25. The molecule has 1 aromatic rings. The molecule has 0 unspecified atom stereocenters. The van der Waals surface area contributed by atoms with Crippen LogP contribution in [0.4, 0.5) is 4.39 Å². The second-order valence-corrected chi connectivity index (χ2v) is 6.27. The summed E-state index contributed by atoms with van der Waals surface area (Å²) in [7, 11) is -3.79. The number of halogens is 1. The average molecular weight is 286 g/mol. The van der Waals surface area contributed by atoms with E-state index >= 15 is 0 Å². The van der Waals surface area contributed by atoms with Crippen LogP contribution < -0.4 is 5.73 Å². The summed E-state index contributed by atoms with van der Waals surface area (Å²) in [5.41, 5.74) is 5.92. The lowest BCUT2D eigenvalue weighted by Gasteiger charge is -2.25. The van der Waals surface area contributed by atoms with Crippen LogP contribution in [0.15, 0.2) is 35.7 Å². The van der Waals surface area contributed by atoms with Crippen molar-refractivity contribution in [2.24, 2.45) is 5.73 Å². The van der Waals surface area contributed by atoms with Gasteiger partial charge in [-0.2, -0.15) is 4.31 Å². The predicted octanol–water partition coefficient (Wildman–Crippen LogP) is 1.87. The summed E-state index contributed by atoms with van der Waals surface area (Å²) < 4.78 is 39.7. The quantitative estimate of drug-likeness (QED) is 0.812. The van der Waals surface area contributed by atoms with E-state index in [9.17, 15) is 12.8 Å². The molecule has 0 aliphatic heterocycles.